The van der Waals surface area contributed by atoms with E-state index in [1.54, 1.807) is 17.7 Å². The maximum absolute atomic E-state index is 4.74. The summed E-state index contributed by atoms with van der Waals surface area (Å²) in [4.78, 5) is 15.2. The van der Waals surface area contributed by atoms with Gasteiger partial charge in [0.1, 0.15) is 17.0 Å². The van der Waals surface area contributed by atoms with Crippen molar-refractivity contribution in [3.63, 3.8) is 0 Å². The first kappa shape index (κ1) is 19.1. The Hall–Kier alpha value is -2.92. The number of nitrogens with zero attached hydrogens (tertiary/aromatic N) is 4. The highest BCUT2D eigenvalue weighted by Crippen LogP contribution is 2.38. The zero-order valence-corrected chi connectivity index (χ0v) is 18.3. The lowest BCUT2D eigenvalue weighted by molar-refractivity contribution is 0.649. The topological polar surface area (TPSA) is 32.3 Å². The van der Waals surface area contributed by atoms with Crippen molar-refractivity contribution in [2.75, 3.05) is 36.0 Å². The van der Waals surface area contributed by atoms with E-state index in [0.717, 1.165) is 36.8 Å². The molecule has 0 N–H and O–H groups in total. The van der Waals surface area contributed by atoms with Crippen LogP contribution < -0.4 is 9.80 Å². The molecule has 0 bridgehead atoms. The minimum absolute atomic E-state index is 0.540. The first-order chi connectivity index (χ1) is 14.7. The predicted octanol–water partition coefficient (Wildman–Crippen LogP) is 5.81. The van der Waals surface area contributed by atoms with Crippen LogP contribution in [0.1, 0.15) is 25.3 Å². The Kier molecular flexibility index (Phi) is 5.13. The Balaban J connectivity index is 1.45. The van der Waals surface area contributed by atoms with E-state index in [9.17, 15) is 0 Å². The summed E-state index contributed by atoms with van der Waals surface area (Å²) in [6.45, 7) is 8.38. The van der Waals surface area contributed by atoms with E-state index >= 15 is 0 Å². The Labute approximate surface area is 181 Å². The van der Waals surface area contributed by atoms with Crippen molar-refractivity contribution in [3.05, 3.63) is 71.9 Å². The molecule has 1 aliphatic heterocycles. The SMILES string of the molecule is CC(C)c1ccc(-c2csc3ncnc(N4CCN(c5ccccc5)CC4)c23)cc1. The first-order valence-electron chi connectivity index (χ1n) is 10.6. The highest BCUT2D eigenvalue weighted by molar-refractivity contribution is 7.17. The van der Waals surface area contributed by atoms with Crippen molar-refractivity contribution in [1.82, 2.24) is 9.97 Å². The quantitative estimate of drug-likeness (QED) is 0.422. The zero-order chi connectivity index (χ0) is 20.5. The van der Waals surface area contributed by atoms with Crippen LogP contribution in [0, 0.1) is 0 Å². The molecule has 1 saturated heterocycles. The summed E-state index contributed by atoms with van der Waals surface area (Å²) < 4.78 is 0. The molecule has 30 heavy (non-hydrogen) atoms. The molecule has 0 aliphatic carbocycles. The lowest BCUT2D eigenvalue weighted by Gasteiger charge is -2.37. The molecule has 1 fully saturated rings. The number of hydrogen-bond acceptors (Lipinski definition) is 5. The molecule has 4 aromatic rings. The molecule has 4 nitrogen and oxygen atoms in total. The lowest BCUT2D eigenvalue weighted by Crippen LogP contribution is -2.46. The van der Waals surface area contributed by atoms with Gasteiger partial charge in [-0.15, -0.1) is 11.3 Å². The molecule has 3 heterocycles. The van der Waals surface area contributed by atoms with E-state index in [-0.39, 0.29) is 0 Å². The van der Waals surface area contributed by atoms with Gasteiger partial charge in [0.2, 0.25) is 0 Å². The minimum atomic E-state index is 0.540. The number of para-hydroxylation sites is 1. The molecule has 0 saturated carbocycles. The van der Waals surface area contributed by atoms with Gasteiger partial charge in [-0.05, 0) is 29.2 Å². The van der Waals surface area contributed by atoms with Gasteiger partial charge in [-0.1, -0.05) is 56.3 Å². The molecule has 0 amide bonds. The number of aromatic nitrogens is 2. The maximum atomic E-state index is 4.74. The molecular formula is C25H26N4S. The van der Waals surface area contributed by atoms with E-state index in [2.05, 4.69) is 88.6 Å². The largest absolute Gasteiger partial charge is 0.368 e. The van der Waals surface area contributed by atoms with Gasteiger partial charge in [-0.25, -0.2) is 9.97 Å². The van der Waals surface area contributed by atoms with Crippen molar-refractivity contribution in [3.8, 4) is 11.1 Å². The Morgan fingerprint density at radius 3 is 2.23 bits per heavy atom. The van der Waals surface area contributed by atoms with Crippen molar-refractivity contribution >= 4 is 33.1 Å². The average Bonchev–Trinajstić information content (AvgIpc) is 3.24. The fourth-order valence-corrected chi connectivity index (χ4v) is 5.08. The highest BCUT2D eigenvalue weighted by Gasteiger charge is 2.22. The molecular weight excluding hydrogens is 388 g/mol. The normalized spacial score (nSPS) is 14.6. The summed E-state index contributed by atoms with van der Waals surface area (Å²) in [6, 6.07) is 19.6. The number of benzene rings is 2. The standard InChI is InChI=1S/C25H26N4S/c1-18(2)19-8-10-20(11-9-19)22-16-30-25-23(22)24(26-17-27-25)29-14-12-28(13-15-29)21-6-4-3-5-7-21/h3-11,16-18H,12-15H2,1-2H3. The van der Waals surface area contributed by atoms with Crippen molar-refractivity contribution in [2.24, 2.45) is 0 Å². The molecule has 5 heteroatoms. The number of hydrogen-bond donors (Lipinski definition) is 0. The van der Waals surface area contributed by atoms with Crippen LogP contribution in [0.15, 0.2) is 66.3 Å². The van der Waals surface area contributed by atoms with Crippen LogP contribution in [0.25, 0.3) is 21.3 Å². The number of rotatable bonds is 4. The molecule has 5 rings (SSSR count). The monoisotopic (exact) mass is 414 g/mol. The second kappa shape index (κ2) is 8.07. The van der Waals surface area contributed by atoms with Gasteiger partial charge in [-0.3, -0.25) is 0 Å². The molecule has 2 aromatic heterocycles. The molecule has 0 radical (unpaired) electrons. The molecule has 152 valence electrons. The van der Waals surface area contributed by atoms with Crippen LogP contribution in [0.2, 0.25) is 0 Å². The maximum Gasteiger partial charge on any atom is 0.141 e. The Morgan fingerprint density at radius 1 is 0.833 bits per heavy atom. The summed E-state index contributed by atoms with van der Waals surface area (Å²) >= 11 is 1.71. The summed E-state index contributed by atoms with van der Waals surface area (Å²) in [5.74, 6) is 1.61. The first-order valence-corrected chi connectivity index (χ1v) is 11.5. The third kappa shape index (κ3) is 3.54. The van der Waals surface area contributed by atoms with E-state index in [1.807, 2.05) is 0 Å². The smallest absolute Gasteiger partial charge is 0.141 e. The second-order valence-electron chi connectivity index (χ2n) is 8.11. The fourth-order valence-electron chi connectivity index (χ4n) is 4.17. The van der Waals surface area contributed by atoms with Crippen molar-refractivity contribution < 1.29 is 0 Å². The molecule has 0 spiro atoms. The van der Waals surface area contributed by atoms with Gasteiger partial charge in [0.25, 0.3) is 0 Å². The number of thiophene rings is 1. The van der Waals surface area contributed by atoms with E-state index < -0.39 is 0 Å². The van der Waals surface area contributed by atoms with Gasteiger partial charge in [0, 0.05) is 42.8 Å². The number of piperazine rings is 1. The van der Waals surface area contributed by atoms with Crippen LogP contribution >= 0.6 is 11.3 Å². The molecule has 0 unspecified atom stereocenters. The summed E-state index contributed by atoms with van der Waals surface area (Å²) in [5.41, 5.74) is 5.15. The van der Waals surface area contributed by atoms with Crippen LogP contribution in [-0.2, 0) is 0 Å². The van der Waals surface area contributed by atoms with Crippen LogP contribution in [0.5, 0.6) is 0 Å². The second-order valence-corrected chi connectivity index (χ2v) is 8.97. The van der Waals surface area contributed by atoms with Crippen LogP contribution in [-0.4, -0.2) is 36.1 Å². The van der Waals surface area contributed by atoms with Crippen molar-refractivity contribution in [2.45, 2.75) is 19.8 Å². The third-order valence-corrected chi connectivity index (χ3v) is 6.83. The number of anilines is 2. The molecule has 1 aliphatic rings. The average molecular weight is 415 g/mol. The third-order valence-electron chi connectivity index (χ3n) is 5.94. The summed E-state index contributed by atoms with van der Waals surface area (Å²) in [5, 5.41) is 3.42. The van der Waals surface area contributed by atoms with Gasteiger partial charge >= 0.3 is 0 Å². The van der Waals surface area contributed by atoms with Gasteiger partial charge in [-0.2, -0.15) is 0 Å². The highest BCUT2D eigenvalue weighted by atomic mass is 32.1. The van der Waals surface area contributed by atoms with E-state index in [0.29, 0.717) is 5.92 Å². The zero-order valence-electron chi connectivity index (χ0n) is 17.5. The minimum Gasteiger partial charge on any atom is -0.368 e. The van der Waals surface area contributed by atoms with Gasteiger partial charge in [0.15, 0.2) is 0 Å². The van der Waals surface area contributed by atoms with Crippen molar-refractivity contribution in [1.29, 1.82) is 0 Å². The van der Waals surface area contributed by atoms with Crippen LogP contribution in [0.4, 0.5) is 11.5 Å². The van der Waals surface area contributed by atoms with Gasteiger partial charge < -0.3 is 9.80 Å². The fraction of sp³-hybridized carbons (Fsp3) is 0.280. The Morgan fingerprint density at radius 2 is 1.53 bits per heavy atom. The molecule has 2 aromatic carbocycles. The predicted molar refractivity (Wildman–Crippen MR) is 128 cm³/mol. The van der Waals surface area contributed by atoms with E-state index in [4.69, 9.17) is 4.98 Å². The van der Waals surface area contributed by atoms with E-state index in [1.165, 1.54) is 27.8 Å². The summed E-state index contributed by atoms with van der Waals surface area (Å²) in [7, 11) is 0. The van der Waals surface area contributed by atoms with Gasteiger partial charge in [0.05, 0.1) is 5.39 Å². The number of fused-ring (bicyclic) bond motifs is 1. The molecule has 0 atom stereocenters. The summed E-state index contributed by atoms with van der Waals surface area (Å²) in [6.07, 6.45) is 1.71. The van der Waals surface area contributed by atoms with Crippen LogP contribution in [0.3, 0.4) is 0 Å². The lowest BCUT2D eigenvalue weighted by atomic mass is 9.99. The Bertz CT molecular complexity index is 1130.